The molecular weight excluding hydrogens is 387 g/mol. The summed E-state index contributed by atoms with van der Waals surface area (Å²) in [6, 6.07) is 8.86. The predicted molar refractivity (Wildman–Crippen MR) is 94.8 cm³/mol. The fourth-order valence-electron chi connectivity index (χ4n) is 2.37. The minimum absolute atomic E-state index is 0.237. The lowest BCUT2D eigenvalue weighted by molar-refractivity contribution is -0.110. The van der Waals surface area contributed by atoms with Crippen LogP contribution in [0.1, 0.15) is 18.1 Å². The smallest absolute Gasteiger partial charge is 0.275 e. The van der Waals surface area contributed by atoms with E-state index >= 15 is 0 Å². The Morgan fingerprint density at radius 1 is 1.23 bits per heavy atom. The van der Waals surface area contributed by atoms with Gasteiger partial charge in [0.15, 0.2) is 0 Å². The first-order chi connectivity index (χ1) is 10.5. The van der Waals surface area contributed by atoms with E-state index in [0.717, 1.165) is 27.7 Å². The third kappa shape index (κ3) is 2.78. The Bertz CT molecular complexity index is 818. The molecule has 0 aliphatic carbocycles. The molecule has 1 heterocycles. The van der Waals surface area contributed by atoms with E-state index in [1.807, 2.05) is 19.1 Å². The summed E-state index contributed by atoms with van der Waals surface area (Å²) in [5, 5.41) is 3.85. The van der Waals surface area contributed by atoms with Gasteiger partial charge in [-0.2, -0.15) is 0 Å². The van der Waals surface area contributed by atoms with Gasteiger partial charge in [-0.15, -0.1) is 0 Å². The van der Waals surface area contributed by atoms with Crippen LogP contribution in [0, 0.1) is 0 Å². The van der Waals surface area contributed by atoms with Crippen LogP contribution in [0.5, 0.6) is 0 Å². The van der Waals surface area contributed by atoms with E-state index in [0.29, 0.717) is 21.4 Å². The highest BCUT2D eigenvalue weighted by Crippen LogP contribution is 2.35. The van der Waals surface area contributed by atoms with Gasteiger partial charge in [-0.3, -0.25) is 4.79 Å². The largest absolute Gasteiger partial charge is 0.320 e. The third-order valence-electron chi connectivity index (χ3n) is 3.41. The van der Waals surface area contributed by atoms with E-state index in [9.17, 15) is 4.79 Å². The molecular formula is C16H11BrCl2N2O. The van der Waals surface area contributed by atoms with E-state index < -0.39 is 0 Å². The number of benzene rings is 2. The summed E-state index contributed by atoms with van der Waals surface area (Å²) in [7, 11) is 0. The van der Waals surface area contributed by atoms with Crippen LogP contribution in [0.4, 0.5) is 11.4 Å². The average Bonchev–Trinajstić information content (AvgIpc) is 2.78. The first kappa shape index (κ1) is 15.5. The normalized spacial score (nSPS) is 15.1. The number of amides is 1. The number of anilines is 1. The molecule has 112 valence electrons. The van der Waals surface area contributed by atoms with Crippen molar-refractivity contribution in [1.82, 2.24) is 0 Å². The highest BCUT2D eigenvalue weighted by atomic mass is 79.9. The maximum Gasteiger partial charge on any atom is 0.275 e. The summed E-state index contributed by atoms with van der Waals surface area (Å²) >= 11 is 15.6. The molecule has 2 aromatic carbocycles. The Hall–Kier alpha value is -1.36. The molecule has 6 heteroatoms. The lowest BCUT2D eigenvalue weighted by Crippen LogP contribution is -2.14. The number of rotatable bonds is 2. The fourth-order valence-corrected chi connectivity index (χ4v) is 3.21. The quantitative estimate of drug-likeness (QED) is 0.724. The van der Waals surface area contributed by atoms with Gasteiger partial charge >= 0.3 is 0 Å². The van der Waals surface area contributed by atoms with Crippen molar-refractivity contribution >= 4 is 62.1 Å². The van der Waals surface area contributed by atoms with Crippen LogP contribution >= 0.6 is 39.1 Å². The van der Waals surface area contributed by atoms with Crippen LogP contribution in [-0.4, -0.2) is 11.6 Å². The zero-order valence-corrected chi connectivity index (χ0v) is 14.7. The Balaban J connectivity index is 2.18. The van der Waals surface area contributed by atoms with E-state index in [1.54, 1.807) is 18.2 Å². The van der Waals surface area contributed by atoms with Crippen molar-refractivity contribution in [3.05, 3.63) is 56.0 Å². The van der Waals surface area contributed by atoms with Crippen molar-refractivity contribution in [3.8, 4) is 0 Å². The zero-order valence-electron chi connectivity index (χ0n) is 11.6. The topological polar surface area (TPSA) is 41.5 Å². The summed E-state index contributed by atoms with van der Waals surface area (Å²) in [5.41, 5.74) is 3.46. The SMILES string of the molecule is CCc1cc(Br)cc2c1NC(=O)C2=Nc1cc(Cl)ccc1Cl. The first-order valence-electron chi connectivity index (χ1n) is 6.67. The standard InChI is InChI=1S/C16H11BrCl2N2O/c1-2-8-5-9(17)6-11-14(8)21-16(22)15(11)20-13-7-10(18)3-4-12(13)19/h3-7H,2H2,1H3,(H,20,21,22). The number of hydrogen-bond donors (Lipinski definition) is 1. The number of carbonyl (C=O) groups excluding carboxylic acids is 1. The molecule has 1 aliphatic rings. The minimum Gasteiger partial charge on any atom is -0.320 e. The van der Waals surface area contributed by atoms with Crippen LogP contribution in [0.2, 0.25) is 10.0 Å². The summed E-state index contributed by atoms with van der Waals surface area (Å²) in [6.45, 7) is 2.04. The highest BCUT2D eigenvalue weighted by Gasteiger charge is 2.28. The second-order valence-electron chi connectivity index (χ2n) is 4.85. The number of hydrogen-bond acceptors (Lipinski definition) is 2. The van der Waals surface area contributed by atoms with Crippen molar-refractivity contribution in [1.29, 1.82) is 0 Å². The molecule has 1 N–H and O–H groups in total. The highest BCUT2D eigenvalue weighted by molar-refractivity contribution is 9.10. The Labute approximate surface area is 146 Å². The van der Waals surface area contributed by atoms with Crippen LogP contribution in [0.15, 0.2) is 39.8 Å². The molecule has 0 saturated carbocycles. The van der Waals surface area contributed by atoms with Gasteiger partial charge in [0.2, 0.25) is 0 Å². The fraction of sp³-hybridized carbons (Fsp3) is 0.125. The zero-order chi connectivity index (χ0) is 15.9. The number of nitrogens with zero attached hydrogens (tertiary/aromatic N) is 1. The maximum atomic E-state index is 12.3. The number of fused-ring (bicyclic) bond motifs is 1. The number of aliphatic imine (C=N–C) groups is 1. The summed E-state index contributed by atoms with van der Waals surface area (Å²) in [5.74, 6) is -0.237. The number of carbonyl (C=O) groups is 1. The number of aryl methyl sites for hydroxylation is 1. The molecule has 3 rings (SSSR count). The average molecular weight is 398 g/mol. The Morgan fingerprint density at radius 2 is 2.00 bits per heavy atom. The molecule has 22 heavy (non-hydrogen) atoms. The maximum absolute atomic E-state index is 12.3. The molecule has 0 radical (unpaired) electrons. The van der Waals surface area contributed by atoms with Crippen LogP contribution in [-0.2, 0) is 11.2 Å². The van der Waals surface area contributed by atoms with Gasteiger partial charge in [0.05, 0.1) is 16.4 Å². The second-order valence-corrected chi connectivity index (χ2v) is 6.61. The molecule has 3 nitrogen and oxygen atoms in total. The van der Waals surface area contributed by atoms with Gasteiger partial charge in [-0.1, -0.05) is 46.1 Å². The van der Waals surface area contributed by atoms with Crippen molar-refractivity contribution in [3.63, 3.8) is 0 Å². The molecule has 0 bridgehead atoms. The molecule has 0 aromatic heterocycles. The number of nitrogens with one attached hydrogen (secondary N) is 1. The molecule has 2 aromatic rings. The molecule has 0 spiro atoms. The van der Waals surface area contributed by atoms with Gasteiger partial charge in [0.25, 0.3) is 5.91 Å². The summed E-state index contributed by atoms with van der Waals surface area (Å²) in [4.78, 5) is 16.7. The Morgan fingerprint density at radius 3 is 2.73 bits per heavy atom. The molecule has 0 unspecified atom stereocenters. The number of halogens is 3. The van der Waals surface area contributed by atoms with E-state index in [-0.39, 0.29) is 5.91 Å². The van der Waals surface area contributed by atoms with Gasteiger partial charge in [-0.05, 0) is 42.3 Å². The van der Waals surface area contributed by atoms with Crippen LogP contribution in [0.3, 0.4) is 0 Å². The monoisotopic (exact) mass is 396 g/mol. The lowest BCUT2D eigenvalue weighted by atomic mass is 10.0. The van der Waals surface area contributed by atoms with Crippen molar-refractivity contribution in [2.24, 2.45) is 4.99 Å². The molecule has 0 fully saturated rings. The summed E-state index contributed by atoms with van der Waals surface area (Å²) in [6.07, 6.45) is 0.813. The molecule has 0 saturated heterocycles. The molecule has 0 atom stereocenters. The van der Waals surface area contributed by atoms with Crippen molar-refractivity contribution < 1.29 is 4.79 Å². The van der Waals surface area contributed by atoms with Crippen LogP contribution in [0.25, 0.3) is 0 Å². The van der Waals surface area contributed by atoms with Gasteiger partial charge in [0.1, 0.15) is 5.71 Å². The summed E-state index contributed by atoms with van der Waals surface area (Å²) < 4.78 is 0.907. The van der Waals surface area contributed by atoms with E-state index in [1.165, 1.54) is 0 Å². The third-order valence-corrected chi connectivity index (χ3v) is 4.43. The Kier molecular flexibility index (Phi) is 4.26. The van der Waals surface area contributed by atoms with E-state index in [4.69, 9.17) is 23.2 Å². The van der Waals surface area contributed by atoms with Gasteiger partial charge in [-0.25, -0.2) is 4.99 Å². The first-order valence-corrected chi connectivity index (χ1v) is 8.22. The second kappa shape index (κ2) is 6.03. The van der Waals surface area contributed by atoms with Gasteiger partial charge in [0, 0.05) is 15.1 Å². The molecule has 1 amide bonds. The predicted octanol–water partition coefficient (Wildman–Crippen LogP) is 5.39. The van der Waals surface area contributed by atoms with E-state index in [2.05, 4.69) is 26.2 Å². The lowest BCUT2D eigenvalue weighted by Gasteiger charge is -2.06. The van der Waals surface area contributed by atoms with Gasteiger partial charge < -0.3 is 5.32 Å². The van der Waals surface area contributed by atoms with Crippen molar-refractivity contribution in [2.75, 3.05) is 5.32 Å². The van der Waals surface area contributed by atoms with Crippen LogP contribution < -0.4 is 5.32 Å². The van der Waals surface area contributed by atoms with Crippen molar-refractivity contribution in [2.45, 2.75) is 13.3 Å². The molecule has 1 aliphatic heterocycles. The minimum atomic E-state index is -0.237.